The Morgan fingerprint density at radius 3 is 2.50 bits per heavy atom. The average molecular weight is 228 g/mol. The summed E-state index contributed by atoms with van der Waals surface area (Å²) >= 11 is 0. The maximum atomic E-state index is 11.7. The fourth-order valence-electron chi connectivity index (χ4n) is 2.15. The van der Waals surface area contributed by atoms with Crippen LogP contribution in [0.4, 0.5) is 0 Å². The molecule has 1 amide bonds. The number of carbonyl (C=O) groups excluding carboxylic acids is 2. The Balaban J connectivity index is 2.57. The van der Waals surface area contributed by atoms with Gasteiger partial charge in [-0.2, -0.15) is 0 Å². The molecule has 3 N–H and O–H groups in total. The summed E-state index contributed by atoms with van der Waals surface area (Å²) in [5, 5.41) is 2.81. The largest absolute Gasteiger partial charge is 0.467 e. The lowest BCUT2D eigenvalue weighted by molar-refractivity contribution is -0.150. The van der Waals surface area contributed by atoms with E-state index in [0.29, 0.717) is 32.2 Å². The molecule has 0 bridgehead atoms. The molecule has 0 aromatic rings. The van der Waals surface area contributed by atoms with Crippen molar-refractivity contribution < 1.29 is 14.3 Å². The van der Waals surface area contributed by atoms with Gasteiger partial charge in [-0.25, -0.2) is 4.79 Å². The Morgan fingerprint density at radius 2 is 2.00 bits per heavy atom. The van der Waals surface area contributed by atoms with Gasteiger partial charge in [0.05, 0.1) is 7.11 Å². The summed E-state index contributed by atoms with van der Waals surface area (Å²) < 4.78 is 4.76. The van der Waals surface area contributed by atoms with E-state index < -0.39 is 5.54 Å². The molecule has 5 nitrogen and oxygen atoms in total. The molecular formula is C11H20N2O3. The lowest BCUT2D eigenvalue weighted by Crippen LogP contribution is -2.53. The number of esters is 1. The highest BCUT2D eigenvalue weighted by molar-refractivity contribution is 5.88. The second-order valence-electron chi connectivity index (χ2n) is 4.22. The van der Waals surface area contributed by atoms with Crippen LogP contribution in [0.2, 0.25) is 0 Å². The number of rotatable bonds is 5. The summed E-state index contributed by atoms with van der Waals surface area (Å²) in [7, 11) is 1.36. The molecule has 5 heteroatoms. The third kappa shape index (κ3) is 2.95. The average Bonchev–Trinajstić information content (AvgIpc) is 2.75. The number of methoxy groups -OCH3 is 1. The van der Waals surface area contributed by atoms with Crippen molar-refractivity contribution in [2.75, 3.05) is 13.7 Å². The van der Waals surface area contributed by atoms with Crippen molar-refractivity contribution in [3.63, 3.8) is 0 Å². The van der Waals surface area contributed by atoms with E-state index in [-0.39, 0.29) is 11.9 Å². The first kappa shape index (κ1) is 13.0. The van der Waals surface area contributed by atoms with Crippen LogP contribution < -0.4 is 11.1 Å². The molecule has 0 aromatic carbocycles. The van der Waals surface area contributed by atoms with Gasteiger partial charge in [-0.1, -0.05) is 12.8 Å². The van der Waals surface area contributed by atoms with Crippen LogP contribution in [0, 0.1) is 0 Å². The highest BCUT2D eigenvalue weighted by atomic mass is 16.5. The van der Waals surface area contributed by atoms with Crippen molar-refractivity contribution in [2.24, 2.45) is 5.73 Å². The standard InChI is InChI=1S/C11H20N2O3/c1-16-10(15)11(6-2-3-7-11)13-9(14)5-4-8-12/h2-8,12H2,1H3,(H,13,14). The van der Waals surface area contributed by atoms with Gasteiger partial charge in [-0.3, -0.25) is 4.79 Å². The number of nitrogens with one attached hydrogen (secondary N) is 1. The summed E-state index contributed by atoms with van der Waals surface area (Å²) in [4.78, 5) is 23.3. The first-order chi connectivity index (χ1) is 7.64. The van der Waals surface area contributed by atoms with Gasteiger partial charge < -0.3 is 15.8 Å². The number of hydrogen-bond acceptors (Lipinski definition) is 4. The van der Waals surface area contributed by atoms with Gasteiger partial charge in [0.15, 0.2) is 0 Å². The molecule has 0 spiro atoms. The van der Waals surface area contributed by atoms with Crippen molar-refractivity contribution in [3.8, 4) is 0 Å². The number of amides is 1. The molecule has 0 saturated heterocycles. The van der Waals surface area contributed by atoms with Crippen molar-refractivity contribution >= 4 is 11.9 Å². The van der Waals surface area contributed by atoms with Gasteiger partial charge >= 0.3 is 5.97 Å². The summed E-state index contributed by atoms with van der Waals surface area (Å²) in [6.45, 7) is 0.485. The van der Waals surface area contributed by atoms with Gasteiger partial charge in [0.2, 0.25) is 5.91 Å². The summed E-state index contributed by atoms with van der Waals surface area (Å²) in [6, 6.07) is 0. The SMILES string of the molecule is COC(=O)C1(NC(=O)CCCN)CCCC1. The van der Waals surface area contributed by atoms with Gasteiger partial charge in [-0.05, 0) is 25.8 Å². The van der Waals surface area contributed by atoms with Crippen molar-refractivity contribution in [2.45, 2.75) is 44.1 Å². The third-order valence-corrected chi connectivity index (χ3v) is 3.02. The monoisotopic (exact) mass is 228 g/mol. The van der Waals surface area contributed by atoms with Crippen molar-refractivity contribution in [3.05, 3.63) is 0 Å². The van der Waals surface area contributed by atoms with Crippen LogP contribution in [0.5, 0.6) is 0 Å². The van der Waals surface area contributed by atoms with E-state index in [1.807, 2.05) is 0 Å². The first-order valence-electron chi connectivity index (χ1n) is 5.74. The number of carbonyl (C=O) groups is 2. The first-order valence-corrected chi connectivity index (χ1v) is 5.74. The van der Waals surface area contributed by atoms with E-state index >= 15 is 0 Å². The molecule has 0 heterocycles. The highest BCUT2D eigenvalue weighted by Crippen LogP contribution is 2.30. The smallest absolute Gasteiger partial charge is 0.331 e. The van der Waals surface area contributed by atoms with E-state index in [4.69, 9.17) is 10.5 Å². The second kappa shape index (κ2) is 5.84. The zero-order chi connectivity index (χ0) is 12.0. The van der Waals surface area contributed by atoms with Crippen LogP contribution in [0.3, 0.4) is 0 Å². The van der Waals surface area contributed by atoms with Crippen LogP contribution in [0.25, 0.3) is 0 Å². The number of nitrogens with two attached hydrogens (primary N) is 1. The highest BCUT2D eigenvalue weighted by Gasteiger charge is 2.43. The summed E-state index contributed by atoms with van der Waals surface area (Å²) in [5.74, 6) is -0.441. The predicted octanol–water partition coefficient (Wildman–Crippen LogP) is 0.327. The van der Waals surface area contributed by atoms with Crippen molar-refractivity contribution in [1.82, 2.24) is 5.32 Å². The molecule has 0 aliphatic heterocycles. The maximum absolute atomic E-state index is 11.7. The fourth-order valence-corrected chi connectivity index (χ4v) is 2.15. The molecule has 0 atom stereocenters. The molecule has 92 valence electrons. The molecule has 16 heavy (non-hydrogen) atoms. The maximum Gasteiger partial charge on any atom is 0.331 e. The van der Waals surface area contributed by atoms with E-state index in [2.05, 4.69) is 5.32 Å². The third-order valence-electron chi connectivity index (χ3n) is 3.02. The number of hydrogen-bond donors (Lipinski definition) is 2. The Bertz CT molecular complexity index is 260. The lowest BCUT2D eigenvalue weighted by Gasteiger charge is -2.27. The molecule has 1 fully saturated rings. The van der Waals surface area contributed by atoms with E-state index in [1.165, 1.54) is 7.11 Å². The van der Waals surface area contributed by atoms with Crippen LogP contribution in [0.1, 0.15) is 38.5 Å². The number of ether oxygens (including phenoxy) is 1. The van der Waals surface area contributed by atoms with Gasteiger partial charge in [0.25, 0.3) is 0 Å². The van der Waals surface area contributed by atoms with Gasteiger partial charge in [0.1, 0.15) is 5.54 Å². The predicted molar refractivity (Wildman–Crippen MR) is 59.6 cm³/mol. The minimum atomic E-state index is -0.777. The van der Waals surface area contributed by atoms with E-state index in [1.54, 1.807) is 0 Å². The second-order valence-corrected chi connectivity index (χ2v) is 4.22. The summed E-state index contributed by atoms with van der Waals surface area (Å²) in [5.41, 5.74) is 4.55. The van der Waals surface area contributed by atoms with Crippen LogP contribution >= 0.6 is 0 Å². The molecule has 0 radical (unpaired) electrons. The van der Waals surface area contributed by atoms with Crippen molar-refractivity contribution in [1.29, 1.82) is 0 Å². The normalized spacial score (nSPS) is 18.1. The minimum absolute atomic E-state index is 0.113. The molecule has 1 aliphatic carbocycles. The Morgan fingerprint density at radius 1 is 1.38 bits per heavy atom. The summed E-state index contributed by atoms with van der Waals surface area (Å²) in [6.07, 6.45) is 4.26. The molecule has 1 saturated carbocycles. The zero-order valence-corrected chi connectivity index (χ0v) is 9.75. The van der Waals surface area contributed by atoms with Gasteiger partial charge in [0, 0.05) is 6.42 Å². The zero-order valence-electron chi connectivity index (χ0n) is 9.75. The molecule has 0 unspecified atom stereocenters. The Hall–Kier alpha value is -1.10. The fraction of sp³-hybridized carbons (Fsp3) is 0.818. The minimum Gasteiger partial charge on any atom is -0.467 e. The van der Waals surface area contributed by atoms with Crippen LogP contribution in [0.15, 0.2) is 0 Å². The molecule has 0 aromatic heterocycles. The van der Waals surface area contributed by atoms with E-state index in [0.717, 1.165) is 12.8 Å². The van der Waals surface area contributed by atoms with Gasteiger partial charge in [-0.15, -0.1) is 0 Å². The van der Waals surface area contributed by atoms with Crippen LogP contribution in [-0.4, -0.2) is 31.1 Å². The van der Waals surface area contributed by atoms with E-state index in [9.17, 15) is 9.59 Å². The lowest BCUT2D eigenvalue weighted by atomic mass is 9.97. The topological polar surface area (TPSA) is 81.4 Å². The molecular weight excluding hydrogens is 208 g/mol. The Labute approximate surface area is 95.7 Å². The quantitative estimate of drug-likeness (QED) is 0.664. The molecule has 1 rings (SSSR count). The Kier molecular flexibility index (Phi) is 4.73. The van der Waals surface area contributed by atoms with Crippen LogP contribution in [-0.2, 0) is 14.3 Å². The molecule has 1 aliphatic rings.